The van der Waals surface area contributed by atoms with Crippen molar-refractivity contribution < 1.29 is 0 Å². The highest BCUT2D eigenvalue weighted by atomic mass is 15.2. The SMILES string of the molecule is CC(C)N(CCNC1CCN(C)CC1)C(C)C. The van der Waals surface area contributed by atoms with Crippen LogP contribution in [0.3, 0.4) is 0 Å². The molecule has 0 atom stereocenters. The van der Waals surface area contributed by atoms with Gasteiger partial charge < -0.3 is 10.2 Å². The number of hydrogen-bond donors (Lipinski definition) is 1. The lowest BCUT2D eigenvalue weighted by atomic mass is 10.1. The molecule has 1 heterocycles. The second-order valence-electron chi connectivity index (χ2n) is 5.96. The molecule has 17 heavy (non-hydrogen) atoms. The Kier molecular flexibility index (Phi) is 6.45. The van der Waals surface area contributed by atoms with Gasteiger partial charge in [0, 0.05) is 31.2 Å². The molecule has 0 bridgehead atoms. The third kappa shape index (κ3) is 5.36. The van der Waals surface area contributed by atoms with Crippen molar-refractivity contribution in [1.82, 2.24) is 15.1 Å². The Morgan fingerprint density at radius 3 is 2.12 bits per heavy atom. The summed E-state index contributed by atoms with van der Waals surface area (Å²) in [6, 6.07) is 2.04. The largest absolute Gasteiger partial charge is 0.313 e. The summed E-state index contributed by atoms with van der Waals surface area (Å²) in [4.78, 5) is 4.98. The van der Waals surface area contributed by atoms with Gasteiger partial charge in [0.25, 0.3) is 0 Å². The van der Waals surface area contributed by atoms with Crippen molar-refractivity contribution in [2.45, 2.75) is 58.7 Å². The molecule has 0 spiro atoms. The predicted molar refractivity (Wildman–Crippen MR) is 75.5 cm³/mol. The molecule has 0 aromatic rings. The quantitative estimate of drug-likeness (QED) is 0.765. The van der Waals surface area contributed by atoms with Crippen LogP contribution in [0, 0.1) is 0 Å². The molecule has 1 rings (SSSR count). The summed E-state index contributed by atoms with van der Waals surface area (Å²) in [7, 11) is 2.22. The van der Waals surface area contributed by atoms with E-state index in [0.29, 0.717) is 12.1 Å². The molecule has 0 unspecified atom stereocenters. The normalized spacial score (nSPS) is 19.8. The first kappa shape index (κ1) is 14.9. The van der Waals surface area contributed by atoms with E-state index in [1.807, 2.05) is 0 Å². The van der Waals surface area contributed by atoms with Gasteiger partial charge in [-0.2, -0.15) is 0 Å². The zero-order valence-electron chi connectivity index (χ0n) is 12.4. The van der Waals surface area contributed by atoms with Crippen molar-refractivity contribution in [3.05, 3.63) is 0 Å². The monoisotopic (exact) mass is 241 g/mol. The highest BCUT2D eigenvalue weighted by Crippen LogP contribution is 2.08. The molecule has 3 heteroatoms. The van der Waals surface area contributed by atoms with E-state index < -0.39 is 0 Å². The number of piperidine rings is 1. The Labute approximate surface area is 108 Å². The Morgan fingerprint density at radius 1 is 1.12 bits per heavy atom. The third-order valence-electron chi connectivity index (χ3n) is 3.85. The summed E-state index contributed by atoms with van der Waals surface area (Å²) in [5, 5.41) is 3.71. The smallest absolute Gasteiger partial charge is 0.0112 e. The number of hydrogen-bond acceptors (Lipinski definition) is 3. The van der Waals surface area contributed by atoms with E-state index in [2.05, 4.69) is 49.9 Å². The standard InChI is InChI=1S/C14H31N3/c1-12(2)17(13(3)4)11-8-15-14-6-9-16(5)10-7-14/h12-15H,6-11H2,1-5H3. The fraction of sp³-hybridized carbons (Fsp3) is 1.00. The summed E-state index contributed by atoms with van der Waals surface area (Å²) in [6.45, 7) is 13.9. The van der Waals surface area contributed by atoms with Gasteiger partial charge in [0.05, 0.1) is 0 Å². The van der Waals surface area contributed by atoms with E-state index in [4.69, 9.17) is 0 Å². The van der Waals surface area contributed by atoms with Crippen molar-refractivity contribution in [1.29, 1.82) is 0 Å². The van der Waals surface area contributed by atoms with Gasteiger partial charge in [0.1, 0.15) is 0 Å². The van der Waals surface area contributed by atoms with E-state index in [-0.39, 0.29) is 0 Å². The molecule has 1 saturated heterocycles. The highest BCUT2D eigenvalue weighted by Gasteiger charge is 2.17. The van der Waals surface area contributed by atoms with Crippen LogP contribution in [0.5, 0.6) is 0 Å². The summed E-state index contributed by atoms with van der Waals surface area (Å²) in [5.74, 6) is 0. The minimum atomic E-state index is 0.647. The lowest BCUT2D eigenvalue weighted by Gasteiger charge is -2.33. The summed E-state index contributed by atoms with van der Waals surface area (Å²) >= 11 is 0. The zero-order chi connectivity index (χ0) is 12.8. The molecule has 0 aromatic heterocycles. The molecule has 0 radical (unpaired) electrons. The van der Waals surface area contributed by atoms with Gasteiger partial charge in [0.2, 0.25) is 0 Å². The molecular weight excluding hydrogens is 210 g/mol. The van der Waals surface area contributed by atoms with Gasteiger partial charge in [-0.05, 0) is 60.7 Å². The molecule has 1 aliphatic heterocycles. The van der Waals surface area contributed by atoms with Crippen LogP contribution in [0.4, 0.5) is 0 Å². The van der Waals surface area contributed by atoms with E-state index in [0.717, 1.165) is 12.6 Å². The Bertz CT molecular complexity index is 188. The first-order chi connectivity index (χ1) is 8.00. The Hall–Kier alpha value is -0.120. The minimum absolute atomic E-state index is 0.647. The maximum Gasteiger partial charge on any atom is 0.0112 e. The molecule has 1 N–H and O–H groups in total. The topological polar surface area (TPSA) is 18.5 Å². The van der Waals surface area contributed by atoms with Crippen LogP contribution in [0.1, 0.15) is 40.5 Å². The molecular formula is C14H31N3. The van der Waals surface area contributed by atoms with Gasteiger partial charge in [-0.1, -0.05) is 0 Å². The van der Waals surface area contributed by atoms with Crippen LogP contribution in [-0.2, 0) is 0 Å². The zero-order valence-corrected chi connectivity index (χ0v) is 12.4. The molecule has 0 saturated carbocycles. The van der Waals surface area contributed by atoms with Crippen LogP contribution in [0.2, 0.25) is 0 Å². The average Bonchev–Trinajstić information content (AvgIpc) is 2.25. The van der Waals surface area contributed by atoms with Gasteiger partial charge >= 0.3 is 0 Å². The molecule has 0 amide bonds. The van der Waals surface area contributed by atoms with Crippen molar-refractivity contribution in [3.63, 3.8) is 0 Å². The van der Waals surface area contributed by atoms with E-state index in [1.165, 1.54) is 32.5 Å². The average molecular weight is 241 g/mol. The summed E-state index contributed by atoms with van der Waals surface area (Å²) < 4.78 is 0. The van der Waals surface area contributed by atoms with Crippen molar-refractivity contribution in [2.24, 2.45) is 0 Å². The minimum Gasteiger partial charge on any atom is -0.313 e. The van der Waals surface area contributed by atoms with Crippen LogP contribution in [0.25, 0.3) is 0 Å². The number of rotatable bonds is 6. The first-order valence-electron chi connectivity index (χ1n) is 7.18. The third-order valence-corrected chi connectivity index (χ3v) is 3.85. The van der Waals surface area contributed by atoms with Crippen LogP contribution in [-0.4, -0.2) is 61.2 Å². The van der Waals surface area contributed by atoms with Gasteiger partial charge in [-0.3, -0.25) is 4.90 Å². The summed E-state index contributed by atoms with van der Waals surface area (Å²) in [5.41, 5.74) is 0. The van der Waals surface area contributed by atoms with Crippen LogP contribution < -0.4 is 5.32 Å². The lowest BCUT2D eigenvalue weighted by molar-refractivity contribution is 0.167. The Morgan fingerprint density at radius 2 is 1.65 bits per heavy atom. The maximum absolute atomic E-state index is 3.71. The van der Waals surface area contributed by atoms with E-state index in [1.54, 1.807) is 0 Å². The van der Waals surface area contributed by atoms with E-state index >= 15 is 0 Å². The maximum atomic E-state index is 3.71. The predicted octanol–water partition coefficient (Wildman–Crippen LogP) is 1.79. The van der Waals surface area contributed by atoms with Gasteiger partial charge in [-0.25, -0.2) is 0 Å². The van der Waals surface area contributed by atoms with Crippen molar-refractivity contribution >= 4 is 0 Å². The van der Waals surface area contributed by atoms with Crippen LogP contribution >= 0.6 is 0 Å². The van der Waals surface area contributed by atoms with Gasteiger partial charge in [-0.15, -0.1) is 0 Å². The Balaban J connectivity index is 2.18. The second-order valence-corrected chi connectivity index (χ2v) is 5.96. The lowest BCUT2D eigenvalue weighted by Crippen LogP contribution is -2.46. The fourth-order valence-electron chi connectivity index (χ4n) is 2.72. The summed E-state index contributed by atoms with van der Waals surface area (Å²) in [6.07, 6.45) is 2.61. The van der Waals surface area contributed by atoms with Gasteiger partial charge in [0.15, 0.2) is 0 Å². The highest BCUT2D eigenvalue weighted by molar-refractivity contribution is 4.76. The van der Waals surface area contributed by atoms with Crippen molar-refractivity contribution in [3.8, 4) is 0 Å². The number of likely N-dealkylation sites (tertiary alicyclic amines) is 1. The molecule has 0 aromatic carbocycles. The van der Waals surface area contributed by atoms with E-state index in [9.17, 15) is 0 Å². The molecule has 1 aliphatic rings. The number of nitrogens with one attached hydrogen (secondary N) is 1. The van der Waals surface area contributed by atoms with Crippen molar-refractivity contribution in [2.75, 3.05) is 33.2 Å². The first-order valence-corrected chi connectivity index (χ1v) is 7.18. The second kappa shape index (κ2) is 7.34. The molecule has 3 nitrogen and oxygen atoms in total. The molecule has 1 fully saturated rings. The fourth-order valence-corrected chi connectivity index (χ4v) is 2.72. The molecule has 0 aliphatic carbocycles. The molecule has 102 valence electrons. The van der Waals surface area contributed by atoms with Crippen LogP contribution in [0.15, 0.2) is 0 Å². The number of nitrogens with zero attached hydrogens (tertiary/aromatic N) is 2.